The van der Waals surface area contributed by atoms with Crippen molar-refractivity contribution < 1.29 is 4.39 Å². The highest BCUT2D eigenvalue weighted by Gasteiger charge is 2.12. The van der Waals surface area contributed by atoms with Gasteiger partial charge in [0.2, 0.25) is 0 Å². The van der Waals surface area contributed by atoms with Crippen LogP contribution in [-0.2, 0) is 6.54 Å². The highest BCUT2D eigenvalue weighted by molar-refractivity contribution is 6.37. The number of nitrogens with one attached hydrogen (secondary N) is 1. The average molecular weight is 363 g/mol. The summed E-state index contributed by atoms with van der Waals surface area (Å²) in [6.45, 7) is 8.01. The summed E-state index contributed by atoms with van der Waals surface area (Å²) in [5, 5.41) is 3.97. The molecular weight excluding hydrogens is 346 g/mol. The van der Waals surface area contributed by atoms with Crippen LogP contribution in [0, 0.1) is 5.82 Å². The van der Waals surface area contributed by atoms with Crippen LogP contribution >= 0.6 is 23.2 Å². The molecule has 124 valence electrons. The summed E-state index contributed by atoms with van der Waals surface area (Å²) >= 11 is 12.6. The van der Waals surface area contributed by atoms with Crippen LogP contribution in [0.15, 0.2) is 61.7 Å². The lowest BCUT2D eigenvalue weighted by atomic mass is 10.1. The molecule has 0 bridgehead atoms. The summed E-state index contributed by atoms with van der Waals surface area (Å²) in [5.41, 5.74) is 9.09. The molecule has 2 nitrogen and oxygen atoms in total. The minimum absolute atomic E-state index is 0.278. The Bertz CT molecular complexity index is 790. The maximum Gasteiger partial charge on any atom is 0.123 e. The van der Waals surface area contributed by atoms with Gasteiger partial charge in [-0.25, -0.2) is 4.39 Å². The molecule has 0 radical (unpaired) electrons. The third-order valence-corrected chi connectivity index (χ3v) is 3.97. The normalized spacial score (nSPS) is 11.2. The van der Waals surface area contributed by atoms with E-state index in [1.165, 1.54) is 12.1 Å². The fourth-order valence-electron chi connectivity index (χ4n) is 2.19. The van der Waals surface area contributed by atoms with Crippen LogP contribution < -0.4 is 11.1 Å². The number of benzene rings is 2. The first-order valence-electron chi connectivity index (χ1n) is 7.17. The summed E-state index contributed by atoms with van der Waals surface area (Å²) in [7, 11) is 0. The van der Waals surface area contributed by atoms with Crippen LogP contribution in [0.5, 0.6) is 0 Å². The van der Waals surface area contributed by atoms with E-state index in [0.717, 1.165) is 11.1 Å². The van der Waals surface area contributed by atoms with Gasteiger partial charge in [-0.1, -0.05) is 54.6 Å². The molecule has 0 aliphatic heterocycles. The third kappa shape index (κ3) is 4.40. The van der Waals surface area contributed by atoms with E-state index in [9.17, 15) is 4.39 Å². The monoisotopic (exact) mass is 362 g/mol. The second kappa shape index (κ2) is 8.04. The van der Waals surface area contributed by atoms with Crippen molar-refractivity contribution in [2.75, 3.05) is 0 Å². The molecule has 0 unspecified atom stereocenters. The fourth-order valence-corrected chi connectivity index (χ4v) is 2.90. The number of halogens is 3. The maximum absolute atomic E-state index is 13.2. The molecule has 0 aromatic heterocycles. The van der Waals surface area contributed by atoms with Gasteiger partial charge in [0.05, 0.1) is 10.0 Å². The Morgan fingerprint density at radius 1 is 1.21 bits per heavy atom. The number of nitrogens with two attached hydrogens (primary N) is 1. The summed E-state index contributed by atoms with van der Waals surface area (Å²) in [6.07, 6.45) is 3.19. The van der Waals surface area contributed by atoms with Crippen molar-refractivity contribution in [3.8, 4) is 0 Å². The smallest absolute Gasteiger partial charge is 0.123 e. The van der Waals surface area contributed by atoms with E-state index in [4.69, 9.17) is 28.9 Å². The van der Waals surface area contributed by atoms with Gasteiger partial charge in [-0.05, 0) is 41.5 Å². The molecule has 0 aliphatic rings. The summed E-state index contributed by atoms with van der Waals surface area (Å²) in [6, 6.07) is 9.81. The van der Waals surface area contributed by atoms with E-state index in [2.05, 4.69) is 18.5 Å². The maximum atomic E-state index is 13.2. The Hall–Kier alpha value is -2.23. The molecule has 2 aromatic carbocycles. The quantitative estimate of drug-likeness (QED) is 0.677. The van der Waals surface area contributed by atoms with Gasteiger partial charge in [0.1, 0.15) is 5.82 Å². The highest BCUT2D eigenvalue weighted by atomic mass is 35.5. The summed E-state index contributed by atoms with van der Waals surface area (Å²) < 4.78 is 13.2. The van der Waals surface area contributed by atoms with Crippen LogP contribution in [0.3, 0.4) is 0 Å². The predicted octanol–water partition coefficient (Wildman–Crippen LogP) is 5.38. The molecule has 0 fully saturated rings. The van der Waals surface area contributed by atoms with Crippen molar-refractivity contribution in [1.82, 2.24) is 5.32 Å². The van der Waals surface area contributed by atoms with Crippen molar-refractivity contribution >= 4 is 34.6 Å². The minimum Gasteiger partial charge on any atom is -0.398 e. The Morgan fingerprint density at radius 2 is 1.88 bits per heavy atom. The first kappa shape index (κ1) is 18.1. The summed E-state index contributed by atoms with van der Waals surface area (Å²) in [4.78, 5) is 0. The Morgan fingerprint density at radius 3 is 2.46 bits per heavy atom. The molecule has 0 atom stereocenters. The predicted molar refractivity (Wildman–Crippen MR) is 101 cm³/mol. The van der Waals surface area contributed by atoms with Gasteiger partial charge in [-0.3, -0.25) is 0 Å². The van der Waals surface area contributed by atoms with Crippen molar-refractivity contribution in [2.24, 2.45) is 5.73 Å². The number of allylic oxidation sites excluding steroid dienone is 2. The molecule has 0 amide bonds. The first-order chi connectivity index (χ1) is 11.4. The summed E-state index contributed by atoms with van der Waals surface area (Å²) in [5.74, 6) is -0.278. The van der Waals surface area contributed by atoms with Gasteiger partial charge in [-0.15, -0.1) is 0 Å². The molecule has 0 heterocycles. The van der Waals surface area contributed by atoms with Crippen LogP contribution in [0.4, 0.5) is 4.39 Å². The van der Waals surface area contributed by atoms with Crippen LogP contribution in [-0.4, -0.2) is 0 Å². The zero-order valence-corrected chi connectivity index (χ0v) is 14.5. The van der Waals surface area contributed by atoms with E-state index in [1.54, 1.807) is 30.4 Å². The lowest BCUT2D eigenvalue weighted by Gasteiger charge is -2.14. The molecule has 2 rings (SSSR count). The van der Waals surface area contributed by atoms with E-state index >= 15 is 0 Å². The van der Waals surface area contributed by atoms with Gasteiger partial charge in [0, 0.05) is 23.5 Å². The Labute approximate surface area is 151 Å². The SMILES string of the molecule is C=C/C=C(\N)c1c(Cl)cc(C(=C)NCc2cccc(F)c2)cc1Cl. The van der Waals surface area contributed by atoms with E-state index in [-0.39, 0.29) is 5.82 Å². The topological polar surface area (TPSA) is 38.0 Å². The average Bonchev–Trinajstić information content (AvgIpc) is 2.52. The Balaban J connectivity index is 2.18. The number of hydrogen-bond acceptors (Lipinski definition) is 2. The van der Waals surface area contributed by atoms with E-state index in [1.807, 2.05) is 6.07 Å². The highest BCUT2D eigenvalue weighted by Crippen LogP contribution is 2.32. The van der Waals surface area contributed by atoms with Crippen molar-refractivity contribution in [2.45, 2.75) is 6.54 Å². The zero-order valence-electron chi connectivity index (χ0n) is 13.0. The minimum atomic E-state index is -0.278. The molecule has 5 heteroatoms. The van der Waals surface area contributed by atoms with Gasteiger partial charge in [0.15, 0.2) is 0 Å². The second-order valence-electron chi connectivity index (χ2n) is 5.13. The zero-order chi connectivity index (χ0) is 17.7. The third-order valence-electron chi connectivity index (χ3n) is 3.37. The largest absolute Gasteiger partial charge is 0.398 e. The molecule has 0 saturated carbocycles. The van der Waals surface area contributed by atoms with E-state index in [0.29, 0.717) is 33.5 Å². The van der Waals surface area contributed by atoms with Crippen LogP contribution in [0.1, 0.15) is 16.7 Å². The standard InChI is InChI=1S/C19H17Cl2FN2/c1-3-5-18(23)19-16(20)9-14(10-17(19)21)12(2)24-11-13-6-4-7-15(22)8-13/h3-10,24H,1-2,11,23H2/b18-5-. The van der Waals surface area contributed by atoms with Crippen molar-refractivity contribution in [3.05, 3.63) is 94.3 Å². The van der Waals surface area contributed by atoms with Gasteiger partial charge in [-0.2, -0.15) is 0 Å². The number of hydrogen-bond donors (Lipinski definition) is 2. The lowest BCUT2D eigenvalue weighted by molar-refractivity contribution is 0.624. The van der Waals surface area contributed by atoms with Crippen molar-refractivity contribution in [1.29, 1.82) is 0 Å². The van der Waals surface area contributed by atoms with Gasteiger partial charge >= 0.3 is 0 Å². The van der Waals surface area contributed by atoms with Gasteiger partial charge in [0.25, 0.3) is 0 Å². The molecule has 3 N–H and O–H groups in total. The first-order valence-corrected chi connectivity index (χ1v) is 7.93. The molecule has 2 aromatic rings. The molecule has 0 saturated heterocycles. The molecule has 24 heavy (non-hydrogen) atoms. The van der Waals surface area contributed by atoms with Crippen molar-refractivity contribution in [3.63, 3.8) is 0 Å². The van der Waals surface area contributed by atoms with Gasteiger partial charge < -0.3 is 11.1 Å². The molecule has 0 spiro atoms. The van der Waals surface area contributed by atoms with Crippen LogP contribution in [0.2, 0.25) is 10.0 Å². The lowest BCUT2D eigenvalue weighted by Crippen LogP contribution is -2.11. The van der Waals surface area contributed by atoms with Crippen LogP contribution in [0.25, 0.3) is 11.4 Å². The fraction of sp³-hybridized carbons (Fsp3) is 0.0526. The molecular formula is C19H17Cl2FN2. The molecule has 0 aliphatic carbocycles. The Kier molecular flexibility index (Phi) is 6.07. The second-order valence-corrected chi connectivity index (χ2v) is 5.95. The van der Waals surface area contributed by atoms with E-state index < -0.39 is 0 Å². The number of rotatable bonds is 6.